The molecule has 1 aromatic rings. The Morgan fingerprint density at radius 2 is 2.00 bits per heavy atom. The predicted octanol–water partition coefficient (Wildman–Crippen LogP) is 0.310. The molecule has 0 radical (unpaired) electrons. The van der Waals surface area contributed by atoms with Gasteiger partial charge in [-0.05, 0) is 24.7 Å². The first-order valence-corrected chi connectivity index (χ1v) is 4.94. The lowest BCUT2D eigenvalue weighted by atomic mass is 10.1. The van der Waals surface area contributed by atoms with Crippen LogP contribution in [0.1, 0.15) is 11.7 Å². The van der Waals surface area contributed by atoms with E-state index < -0.39 is 6.10 Å². The number of benzene rings is 1. The van der Waals surface area contributed by atoms with Gasteiger partial charge in [-0.1, -0.05) is 12.1 Å². The molecular weight excluding hydrogens is 194 g/mol. The van der Waals surface area contributed by atoms with E-state index in [4.69, 9.17) is 9.84 Å². The SMILES string of the molecule is CNCC(O)c1ccc(OCCO)cc1. The summed E-state index contributed by atoms with van der Waals surface area (Å²) in [6.45, 7) is 0.819. The van der Waals surface area contributed by atoms with Crippen molar-refractivity contribution in [1.82, 2.24) is 5.32 Å². The number of aliphatic hydroxyl groups is 2. The molecule has 1 atom stereocenters. The number of hydrogen-bond acceptors (Lipinski definition) is 4. The highest BCUT2D eigenvalue weighted by atomic mass is 16.5. The van der Waals surface area contributed by atoms with Crippen molar-refractivity contribution in [3.8, 4) is 5.75 Å². The van der Waals surface area contributed by atoms with Crippen molar-refractivity contribution >= 4 is 0 Å². The molecule has 4 nitrogen and oxygen atoms in total. The second kappa shape index (κ2) is 6.40. The van der Waals surface area contributed by atoms with Crippen LogP contribution in [-0.4, -0.2) is 37.0 Å². The molecule has 1 rings (SSSR count). The normalized spacial score (nSPS) is 12.5. The zero-order valence-electron chi connectivity index (χ0n) is 8.81. The first-order chi connectivity index (χ1) is 7.27. The van der Waals surface area contributed by atoms with Crippen LogP contribution in [0.5, 0.6) is 5.75 Å². The van der Waals surface area contributed by atoms with Gasteiger partial charge in [0.1, 0.15) is 12.4 Å². The van der Waals surface area contributed by atoms with Crippen LogP contribution in [0, 0.1) is 0 Å². The summed E-state index contributed by atoms with van der Waals surface area (Å²) in [6.07, 6.45) is -0.498. The number of nitrogens with one attached hydrogen (secondary N) is 1. The Kier molecular flexibility index (Phi) is 5.10. The smallest absolute Gasteiger partial charge is 0.119 e. The minimum atomic E-state index is -0.498. The highest BCUT2D eigenvalue weighted by Gasteiger charge is 2.05. The number of likely N-dealkylation sites (N-methyl/N-ethyl adjacent to an activating group) is 1. The van der Waals surface area contributed by atoms with E-state index in [1.165, 1.54) is 0 Å². The molecule has 0 fully saturated rings. The van der Waals surface area contributed by atoms with Crippen LogP contribution in [0.15, 0.2) is 24.3 Å². The summed E-state index contributed by atoms with van der Waals surface area (Å²) in [5, 5.41) is 21.1. The summed E-state index contributed by atoms with van der Waals surface area (Å²) in [7, 11) is 1.79. The van der Waals surface area contributed by atoms with E-state index in [-0.39, 0.29) is 6.61 Å². The quantitative estimate of drug-likeness (QED) is 0.634. The molecule has 4 heteroatoms. The second-order valence-electron chi connectivity index (χ2n) is 3.21. The van der Waals surface area contributed by atoms with E-state index in [1.54, 1.807) is 19.2 Å². The Bertz CT molecular complexity index is 274. The second-order valence-corrected chi connectivity index (χ2v) is 3.21. The van der Waals surface area contributed by atoms with Gasteiger partial charge in [0.05, 0.1) is 12.7 Å². The summed E-state index contributed by atoms with van der Waals surface area (Å²) < 4.78 is 5.20. The Hall–Kier alpha value is -1.10. The average Bonchev–Trinajstić information content (AvgIpc) is 2.27. The zero-order chi connectivity index (χ0) is 11.1. The summed E-state index contributed by atoms with van der Waals surface area (Å²) in [6, 6.07) is 7.19. The van der Waals surface area contributed by atoms with Crippen LogP contribution in [0.25, 0.3) is 0 Å². The van der Waals surface area contributed by atoms with Gasteiger partial charge >= 0.3 is 0 Å². The van der Waals surface area contributed by atoms with Crippen molar-refractivity contribution in [2.45, 2.75) is 6.10 Å². The Morgan fingerprint density at radius 3 is 2.53 bits per heavy atom. The van der Waals surface area contributed by atoms with Crippen LogP contribution in [-0.2, 0) is 0 Å². The lowest BCUT2D eigenvalue weighted by molar-refractivity contribution is 0.177. The lowest BCUT2D eigenvalue weighted by Crippen LogP contribution is -2.16. The minimum Gasteiger partial charge on any atom is -0.491 e. The van der Waals surface area contributed by atoms with E-state index in [2.05, 4.69) is 5.32 Å². The Balaban J connectivity index is 2.55. The fraction of sp³-hybridized carbons (Fsp3) is 0.455. The number of hydrogen-bond donors (Lipinski definition) is 3. The zero-order valence-corrected chi connectivity index (χ0v) is 8.81. The summed E-state index contributed by atoms with van der Waals surface area (Å²) in [4.78, 5) is 0. The third-order valence-electron chi connectivity index (χ3n) is 2.02. The minimum absolute atomic E-state index is 0.00410. The molecule has 0 aliphatic heterocycles. The fourth-order valence-corrected chi connectivity index (χ4v) is 1.26. The number of ether oxygens (including phenoxy) is 1. The van der Waals surface area contributed by atoms with Crippen molar-refractivity contribution in [2.75, 3.05) is 26.8 Å². The molecule has 1 aromatic carbocycles. The van der Waals surface area contributed by atoms with Gasteiger partial charge in [-0.25, -0.2) is 0 Å². The third-order valence-corrected chi connectivity index (χ3v) is 2.02. The van der Waals surface area contributed by atoms with Gasteiger partial charge in [0, 0.05) is 6.54 Å². The van der Waals surface area contributed by atoms with Gasteiger partial charge in [0.2, 0.25) is 0 Å². The molecule has 0 saturated carbocycles. The molecule has 0 aliphatic carbocycles. The maximum absolute atomic E-state index is 9.64. The van der Waals surface area contributed by atoms with E-state index in [1.807, 2.05) is 12.1 Å². The lowest BCUT2D eigenvalue weighted by Gasteiger charge is -2.11. The van der Waals surface area contributed by atoms with Gasteiger partial charge in [-0.3, -0.25) is 0 Å². The molecule has 1 unspecified atom stereocenters. The van der Waals surface area contributed by atoms with Gasteiger partial charge in [-0.15, -0.1) is 0 Å². The predicted molar refractivity (Wildman–Crippen MR) is 57.9 cm³/mol. The van der Waals surface area contributed by atoms with Crippen molar-refractivity contribution < 1.29 is 14.9 Å². The molecule has 3 N–H and O–H groups in total. The summed E-state index contributed by atoms with van der Waals surface area (Å²) in [5.74, 6) is 0.699. The van der Waals surface area contributed by atoms with Crippen LogP contribution in [0.3, 0.4) is 0 Å². The molecule has 15 heavy (non-hydrogen) atoms. The van der Waals surface area contributed by atoms with Gasteiger partial charge in [-0.2, -0.15) is 0 Å². The molecule has 0 spiro atoms. The summed E-state index contributed by atoms with van der Waals surface area (Å²) >= 11 is 0. The maximum Gasteiger partial charge on any atom is 0.119 e. The van der Waals surface area contributed by atoms with Crippen LogP contribution >= 0.6 is 0 Å². The van der Waals surface area contributed by atoms with Crippen molar-refractivity contribution in [1.29, 1.82) is 0 Å². The van der Waals surface area contributed by atoms with E-state index in [0.29, 0.717) is 18.9 Å². The topological polar surface area (TPSA) is 61.7 Å². The molecule has 0 saturated heterocycles. The first kappa shape index (κ1) is 12.0. The molecule has 0 amide bonds. The fourth-order valence-electron chi connectivity index (χ4n) is 1.26. The third kappa shape index (κ3) is 3.87. The highest BCUT2D eigenvalue weighted by molar-refractivity contribution is 5.28. The van der Waals surface area contributed by atoms with Crippen LogP contribution < -0.4 is 10.1 Å². The van der Waals surface area contributed by atoms with Gasteiger partial charge < -0.3 is 20.3 Å². The van der Waals surface area contributed by atoms with Crippen molar-refractivity contribution in [2.24, 2.45) is 0 Å². The van der Waals surface area contributed by atoms with Crippen LogP contribution in [0.4, 0.5) is 0 Å². The largest absolute Gasteiger partial charge is 0.491 e. The van der Waals surface area contributed by atoms with Crippen LogP contribution in [0.2, 0.25) is 0 Å². The van der Waals surface area contributed by atoms with Crippen molar-refractivity contribution in [3.63, 3.8) is 0 Å². The average molecular weight is 211 g/mol. The van der Waals surface area contributed by atoms with E-state index in [0.717, 1.165) is 5.56 Å². The van der Waals surface area contributed by atoms with E-state index >= 15 is 0 Å². The molecule has 0 aliphatic rings. The number of rotatable bonds is 6. The van der Waals surface area contributed by atoms with E-state index in [9.17, 15) is 5.11 Å². The maximum atomic E-state index is 9.64. The monoisotopic (exact) mass is 211 g/mol. The van der Waals surface area contributed by atoms with Gasteiger partial charge in [0.25, 0.3) is 0 Å². The molecule has 0 heterocycles. The molecular formula is C11H17NO3. The number of aliphatic hydroxyl groups excluding tert-OH is 2. The first-order valence-electron chi connectivity index (χ1n) is 4.94. The summed E-state index contributed by atoms with van der Waals surface area (Å²) in [5.41, 5.74) is 0.848. The highest BCUT2D eigenvalue weighted by Crippen LogP contribution is 2.17. The molecule has 0 bridgehead atoms. The standard InChI is InChI=1S/C11H17NO3/c1-12-8-11(14)9-2-4-10(5-3-9)15-7-6-13/h2-5,11-14H,6-8H2,1H3. The molecule has 0 aromatic heterocycles. The Labute approximate surface area is 89.5 Å². The molecule has 84 valence electrons. The van der Waals surface area contributed by atoms with Crippen molar-refractivity contribution in [3.05, 3.63) is 29.8 Å². The Morgan fingerprint density at radius 1 is 1.33 bits per heavy atom. The van der Waals surface area contributed by atoms with Gasteiger partial charge in [0.15, 0.2) is 0 Å².